The molecule has 1 rings (SSSR count). The first-order valence-corrected chi connectivity index (χ1v) is 6.48. The van der Waals surface area contributed by atoms with Gasteiger partial charge >= 0.3 is 0 Å². The zero-order valence-electron chi connectivity index (χ0n) is 12.2. The predicted octanol–water partition coefficient (Wildman–Crippen LogP) is 1.53. The van der Waals surface area contributed by atoms with Gasteiger partial charge in [-0.1, -0.05) is 24.3 Å². The number of hydrogen-bond acceptors (Lipinski definition) is 3. The van der Waals surface area contributed by atoms with E-state index < -0.39 is 0 Å². The molecule has 0 saturated carbocycles. The number of amides is 1. The molecule has 19 heavy (non-hydrogen) atoms. The van der Waals surface area contributed by atoms with Crippen molar-refractivity contribution >= 4 is 5.91 Å². The molecule has 0 aliphatic carbocycles. The zero-order chi connectivity index (χ0) is 14.5. The van der Waals surface area contributed by atoms with Crippen molar-refractivity contribution in [2.45, 2.75) is 39.5 Å². The highest BCUT2D eigenvalue weighted by Crippen LogP contribution is 2.07. The van der Waals surface area contributed by atoms with Crippen LogP contribution >= 0.6 is 0 Å². The Balaban J connectivity index is 2.46. The summed E-state index contributed by atoms with van der Waals surface area (Å²) in [5.74, 6) is 0.0296. The molecule has 4 heteroatoms. The van der Waals surface area contributed by atoms with E-state index in [1.165, 1.54) is 0 Å². The quantitative estimate of drug-likeness (QED) is 0.848. The maximum Gasteiger partial charge on any atom is 0.234 e. The minimum absolute atomic E-state index is 0.0296. The lowest BCUT2D eigenvalue weighted by Crippen LogP contribution is -2.45. The van der Waals surface area contributed by atoms with Gasteiger partial charge in [-0.2, -0.15) is 0 Å². The summed E-state index contributed by atoms with van der Waals surface area (Å²) in [5, 5.41) is 11.9. The fourth-order valence-electron chi connectivity index (χ4n) is 1.82. The fraction of sp³-hybridized carbons (Fsp3) is 0.533. The van der Waals surface area contributed by atoms with Crippen LogP contribution in [0.25, 0.3) is 0 Å². The Labute approximate surface area is 115 Å². The van der Waals surface area contributed by atoms with Crippen molar-refractivity contribution in [1.29, 1.82) is 0 Å². The van der Waals surface area contributed by atoms with E-state index in [4.69, 9.17) is 5.11 Å². The first kappa shape index (κ1) is 15.7. The van der Waals surface area contributed by atoms with Gasteiger partial charge in [-0.05, 0) is 38.9 Å². The van der Waals surface area contributed by atoms with Gasteiger partial charge in [0.15, 0.2) is 0 Å². The topological polar surface area (TPSA) is 52.6 Å². The summed E-state index contributed by atoms with van der Waals surface area (Å²) in [5.41, 5.74) is 1.83. The Morgan fingerprint density at radius 2 is 1.74 bits per heavy atom. The predicted molar refractivity (Wildman–Crippen MR) is 76.6 cm³/mol. The van der Waals surface area contributed by atoms with Crippen molar-refractivity contribution in [3.05, 3.63) is 35.4 Å². The molecule has 0 bridgehead atoms. The lowest BCUT2D eigenvalue weighted by molar-refractivity contribution is -0.123. The van der Waals surface area contributed by atoms with Crippen molar-refractivity contribution in [2.75, 3.05) is 13.6 Å². The van der Waals surface area contributed by atoms with E-state index in [9.17, 15) is 4.79 Å². The van der Waals surface area contributed by atoms with Gasteiger partial charge in [-0.25, -0.2) is 0 Å². The molecule has 0 atom stereocenters. The SMILES string of the molecule is CN(CC(=O)NC(C)(C)C)Cc1ccc(CO)cc1. The second-order valence-corrected chi connectivity index (χ2v) is 5.95. The standard InChI is InChI=1S/C15H24N2O2/c1-15(2,3)16-14(19)10-17(4)9-12-5-7-13(11-18)8-6-12/h5-8,18H,9-11H2,1-4H3,(H,16,19). The molecule has 0 unspecified atom stereocenters. The normalized spacial score (nSPS) is 11.7. The molecular weight excluding hydrogens is 240 g/mol. The van der Waals surface area contributed by atoms with Crippen molar-refractivity contribution in [3.8, 4) is 0 Å². The summed E-state index contributed by atoms with van der Waals surface area (Å²) < 4.78 is 0. The van der Waals surface area contributed by atoms with Gasteiger partial charge in [0.1, 0.15) is 0 Å². The summed E-state index contributed by atoms with van der Waals surface area (Å²) >= 11 is 0. The monoisotopic (exact) mass is 264 g/mol. The van der Waals surface area contributed by atoms with E-state index >= 15 is 0 Å². The number of aliphatic hydroxyl groups is 1. The Kier molecular flexibility index (Phi) is 5.51. The summed E-state index contributed by atoms with van der Waals surface area (Å²) in [6, 6.07) is 7.75. The van der Waals surface area contributed by atoms with Crippen molar-refractivity contribution < 1.29 is 9.90 Å². The van der Waals surface area contributed by atoms with E-state index in [1.54, 1.807) is 0 Å². The highest BCUT2D eigenvalue weighted by molar-refractivity contribution is 5.78. The number of aliphatic hydroxyl groups excluding tert-OH is 1. The van der Waals surface area contributed by atoms with E-state index in [-0.39, 0.29) is 18.1 Å². The lowest BCUT2D eigenvalue weighted by atomic mass is 10.1. The Bertz CT molecular complexity index is 407. The largest absolute Gasteiger partial charge is 0.392 e. The average molecular weight is 264 g/mol. The molecular formula is C15H24N2O2. The fourth-order valence-corrected chi connectivity index (χ4v) is 1.82. The number of nitrogens with zero attached hydrogens (tertiary/aromatic N) is 1. The second kappa shape index (κ2) is 6.68. The molecule has 4 nitrogen and oxygen atoms in total. The van der Waals surface area contributed by atoms with Crippen LogP contribution in [-0.4, -0.2) is 35.0 Å². The van der Waals surface area contributed by atoms with Crippen LogP contribution in [0.15, 0.2) is 24.3 Å². The summed E-state index contributed by atoms with van der Waals surface area (Å²) in [6.07, 6.45) is 0. The van der Waals surface area contributed by atoms with Gasteiger partial charge < -0.3 is 10.4 Å². The van der Waals surface area contributed by atoms with E-state index in [2.05, 4.69) is 5.32 Å². The number of rotatable bonds is 5. The third-order valence-electron chi connectivity index (χ3n) is 2.59. The Morgan fingerprint density at radius 1 is 1.21 bits per heavy atom. The highest BCUT2D eigenvalue weighted by atomic mass is 16.3. The molecule has 1 aromatic rings. The second-order valence-electron chi connectivity index (χ2n) is 5.95. The Morgan fingerprint density at radius 3 is 2.21 bits per heavy atom. The van der Waals surface area contributed by atoms with Crippen LogP contribution in [0.1, 0.15) is 31.9 Å². The molecule has 1 aromatic carbocycles. The van der Waals surface area contributed by atoms with Gasteiger partial charge in [0.2, 0.25) is 5.91 Å². The smallest absolute Gasteiger partial charge is 0.234 e. The number of benzene rings is 1. The molecule has 106 valence electrons. The minimum atomic E-state index is -0.194. The third-order valence-corrected chi connectivity index (χ3v) is 2.59. The highest BCUT2D eigenvalue weighted by Gasteiger charge is 2.15. The molecule has 0 heterocycles. The number of carbonyl (C=O) groups is 1. The molecule has 0 aromatic heterocycles. The lowest BCUT2D eigenvalue weighted by Gasteiger charge is -2.23. The average Bonchev–Trinajstić information content (AvgIpc) is 2.27. The van der Waals surface area contributed by atoms with E-state index in [0.717, 1.165) is 11.1 Å². The van der Waals surface area contributed by atoms with Crippen LogP contribution in [0, 0.1) is 0 Å². The first-order chi connectivity index (χ1) is 8.80. The van der Waals surface area contributed by atoms with E-state index in [0.29, 0.717) is 13.1 Å². The molecule has 0 fully saturated rings. The van der Waals surface area contributed by atoms with Crippen LogP contribution in [0.4, 0.5) is 0 Å². The van der Waals surface area contributed by atoms with Gasteiger partial charge in [0.25, 0.3) is 0 Å². The van der Waals surface area contributed by atoms with Crippen LogP contribution in [0.5, 0.6) is 0 Å². The van der Waals surface area contributed by atoms with Crippen LogP contribution in [0.3, 0.4) is 0 Å². The number of nitrogens with one attached hydrogen (secondary N) is 1. The molecule has 2 N–H and O–H groups in total. The van der Waals surface area contributed by atoms with Crippen LogP contribution < -0.4 is 5.32 Å². The third kappa shape index (κ3) is 6.36. The van der Waals surface area contributed by atoms with Gasteiger partial charge in [0.05, 0.1) is 13.2 Å². The molecule has 0 radical (unpaired) electrons. The first-order valence-electron chi connectivity index (χ1n) is 6.48. The van der Waals surface area contributed by atoms with Crippen LogP contribution in [0.2, 0.25) is 0 Å². The van der Waals surface area contributed by atoms with Crippen molar-refractivity contribution in [1.82, 2.24) is 10.2 Å². The molecule has 0 aliphatic rings. The van der Waals surface area contributed by atoms with Crippen molar-refractivity contribution in [2.24, 2.45) is 0 Å². The maximum absolute atomic E-state index is 11.8. The zero-order valence-corrected chi connectivity index (χ0v) is 12.2. The summed E-state index contributed by atoms with van der Waals surface area (Å²) in [7, 11) is 1.92. The Hall–Kier alpha value is -1.39. The summed E-state index contributed by atoms with van der Waals surface area (Å²) in [6.45, 7) is 7.06. The van der Waals surface area contributed by atoms with Gasteiger partial charge in [-0.3, -0.25) is 9.69 Å². The molecule has 0 spiro atoms. The number of hydrogen-bond donors (Lipinski definition) is 2. The minimum Gasteiger partial charge on any atom is -0.392 e. The molecule has 1 amide bonds. The van der Waals surface area contributed by atoms with E-state index in [1.807, 2.05) is 57.0 Å². The molecule has 0 aliphatic heterocycles. The van der Waals surface area contributed by atoms with Gasteiger partial charge in [0, 0.05) is 12.1 Å². The van der Waals surface area contributed by atoms with Crippen LogP contribution in [-0.2, 0) is 17.9 Å². The summed E-state index contributed by atoms with van der Waals surface area (Å²) in [4.78, 5) is 13.7. The number of carbonyl (C=O) groups excluding carboxylic acids is 1. The number of likely N-dealkylation sites (N-methyl/N-ethyl adjacent to an activating group) is 1. The van der Waals surface area contributed by atoms with Gasteiger partial charge in [-0.15, -0.1) is 0 Å². The molecule has 0 saturated heterocycles. The van der Waals surface area contributed by atoms with Crippen molar-refractivity contribution in [3.63, 3.8) is 0 Å². The maximum atomic E-state index is 11.8.